The van der Waals surface area contributed by atoms with Crippen molar-refractivity contribution in [2.75, 3.05) is 37.6 Å². The average Bonchev–Trinajstić information content (AvgIpc) is 3.75. The van der Waals surface area contributed by atoms with E-state index >= 15 is 0 Å². The zero-order valence-electron chi connectivity index (χ0n) is 34.6. The number of tetrazole rings is 1. The van der Waals surface area contributed by atoms with E-state index in [-0.39, 0.29) is 30.1 Å². The van der Waals surface area contributed by atoms with E-state index in [2.05, 4.69) is 55.0 Å². The summed E-state index contributed by atoms with van der Waals surface area (Å²) in [7, 11) is 0. The first-order valence-electron chi connectivity index (χ1n) is 20.3. The topological polar surface area (TPSA) is 201 Å². The molecule has 5 N–H and O–H groups in total. The van der Waals surface area contributed by atoms with Crippen molar-refractivity contribution >= 4 is 29.5 Å². The molecule has 1 aliphatic rings. The second kappa shape index (κ2) is 20.1. The van der Waals surface area contributed by atoms with Gasteiger partial charge < -0.3 is 26.0 Å². The summed E-state index contributed by atoms with van der Waals surface area (Å²) in [4.78, 5) is 61.2. The Hall–Kier alpha value is -5.70. The maximum absolute atomic E-state index is 14.5. The number of aromatic nitrogens is 5. The van der Waals surface area contributed by atoms with E-state index in [1.54, 1.807) is 41.4 Å². The number of nitrogens with zero attached hydrogens (tertiary/aromatic N) is 6. The molecule has 5 rings (SSSR count). The summed E-state index contributed by atoms with van der Waals surface area (Å²) in [6, 6.07) is 15.7. The smallest absolute Gasteiger partial charge is 0.407 e. The summed E-state index contributed by atoms with van der Waals surface area (Å²) < 4.78 is 5.38. The molecule has 1 aliphatic carbocycles. The number of aryl methyl sites for hydroxylation is 1. The molecule has 1 fully saturated rings. The van der Waals surface area contributed by atoms with Gasteiger partial charge in [-0.2, -0.15) is 5.21 Å². The number of nitrogens with one attached hydrogen (secondary N) is 3. The van der Waals surface area contributed by atoms with Crippen molar-refractivity contribution in [3.05, 3.63) is 77.6 Å². The standard InChI is InChI=1S/C43H58N10O5/c1-7-52(8-2)23-9-22-45-40(55)36-24-28(3)35(27-46-36)31-14-10-29(11-15-31)25-37(38(44)54)53(34-20-18-32(19-21-34)39-48-50-51-49-39)41(56)33-16-12-30(13-17-33)26-47-42(57)58-43(4,5)6/h10-11,14-15,18-21,24,27,30,33,37H,7-9,12-13,16-17,22-23,25-26H2,1-6H3,(H2,44,54)(H,45,55)(H,47,57)(H,48,49,50,51)/t30?,33?,37-/m0/s1. The Morgan fingerprint density at radius 1 is 0.948 bits per heavy atom. The molecule has 0 unspecified atom stereocenters. The van der Waals surface area contributed by atoms with Gasteiger partial charge in [-0.15, -0.1) is 10.2 Å². The van der Waals surface area contributed by atoms with Crippen molar-refractivity contribution < 1.29 is 23.9 Å². The number of H-pyrrole nitrogens is 1. The Labute approximate surface area is 340 Å². The lowest BCUT2D eigenvalue weighted by Gasteiger charge is -2.36. The molecule has 2 aromatic carbocycles. The van der Waals surface area contributed by atoms with Gasteiger partial charge in [-0.1, -0.05) is 38.1 Å². The number of carbonyl (C=O) groups is 4. The molecule has 0 aliphatic heterocycles. The second-order valence-electron chi connectivity index (χ2n) is 15.9. The number of amides is 4. The van der Waals surface area contributed by atoms with Crippen molar-refractivity contribution in [2.24, 2.45) is 17.6 Å². The van der Waals surface area contributed by atoms with Gasteiger partial charge >= 0.3 is 6.09 Å². The number of benzene rings is 2. The van der Waals surface area contributed by atoms with E-state index in [1.807, 2.05) is 52.0 Å². The van der Waals surface area contributed by atoms with Gasteiger partial charge in [0.1, 0.15) is 17.3 Å². The third-order valence-electron chi connectivity index (χ3n) is 10.6. The second-order valence-corrected chi connectivity index (χ2v) is 15.9. The van der Waals surface area contributed by atoms with Crippen LogP contribution in [-0.4, -0.2) is 98.7 Å². The van der Waals surface area contributed by atoms with Crippen LogP contribution < -0.4 is 21.3 Å². The van der Waals surface area contributed by atoms with Gasteiger partial charge in [0.2, 0.25) is 17.6 Å². The molecule has 2 heterocycles. The van der Waals surface area contributed by atoms with Crippen molar-refractivity contribution in [1.29, 1.82) is 0 Å². The fraction of sp³-hybridized carbons (Fsp3) is 0.488. The molecule has 0 radical (unpaired) electrons. The zero-order valence-corrected chi connectivity index (χ0v) is 34.6. The van der Waals surface area contributed by atoms with Crippen LogP contribution in [0.1, 0.15) is 88.3 Å². The summed E-state index contributed by atoms with van der Waals surface area (Å²) in [5, 5.41) is 20.0. The van der Waals surface area contributed by atoms with Crippen LogP contribution in [-0.2, 0) is 20.7 Å². The third kappa shape index (κ3) is 11.9. The number of primary amides is 1. The number of hydrogen-bond donors (Lipinski definition) is 4. The zero-order chi connectivity index (χ0) is 41.8. The van der Waals surface area contributed by atoms with Crippen molar-refractivity contribution in [3.63, 3.8) is 0 Å². The molecular formula is C43H58N10O5. The molecule has 4 amide bonds. The summed E-state index contributed by atoms with van der Waals surface area (Å²) in [5.41, 5.74) is 10.6. The van der Waals surface area contributed by atoms with Gasteiger partial charge in [0.15, 0.2) is 0 Å². The maximum Gasteiger partial charge on any atom is 0.407 e. The number of rotatable bonds is 17. The van der Waals surface area contributed by atoms with Crippen molar-refractivity contribution in [2.45, 2.75) is 91.7 Å². The predicted molar refractivity (Wildman–Crippen MR) is 223 cm³/mol. The summed E-state index contributed by atoms with van der Waals surface area (Å²) in [6.45, 7) is 15.6. The minimum atomic E-state index is -0.978. The molecule has 58 heavy (non-hydrogen) atoms. The van der Waals surface area contributed by atoms with Gasteiger partial charge in [-0.05, 0) is 138 Å². The largest absolute Gasteiger partial charge is 0.444 e. The molecular weight excluding hydrogens is 737 g/mol. The number of hydrogen-bond acceptors (Lipinski definition) is 10. The van der Waals surface area contributed by atoms with Crippen LogP contribution in [0.2, 0.25) is 0 Å². The highest BCUT2D eigenvalue weighted by Crippen LogP contribution is 2.33. The summed E-state index contributed by atoms with van der Waals surface area (Å²) >= 11 is 0. The van der Waals surface area contributed by atoms with Crippen molar-refractivity contribution in [1.82, 2.24) is 41.1 Å². The Morgan fingerprint density at radius 2 is 1.62 bits per heavy atom. The number of anilines is 1. The van der Waals surface area contributed by atoms with Gasteiger partial charge in [0.05, 0.1) is 0 Å². The highest BCUT2D eigenvalue weighted by Gasteiger charge is 2.36. The Balaban J connectivity index is 1.29. The van der Waals surface area contributed by atoms with Crippen LogP contribution in [0.5, 0.6) is 0 Å². The first-order chi connectivity index (χ1) is 27.8. The molecule has 0 bridgehead atoms. The van der Waals surface area contributed by atoms with Crippen molar-refractivity contribution in [3.8, 4) is 22.5 Å². The number of alkyl carbamates (subject to hydrolysis) is 1. The summed E-state index contributed by atoms with van der Waals surface area (Å²) in [5.74, 6) is -0.748. The molecule has 15 nitrogen and oxygen atoms in total. The fourth-order valence-corrected chi connectivity index (χ4v) is 7.35. The van der Waals surface area contributed by atoms with Gasteiger partial charge in [-0.3, -0.25) is 24.3 Å². The molecule has 4 aromatic rings. The molecule has 0 spiro atoms. The average molecular weight is 795 g/mol. The lowest BCUT2D eigenvalue weighted by Crippen LogP contribution is -2.52. The molecule has 1 atom stereocenters. The lowest BCUT2D eigenvalue weighted by atomic mass is 9.81. The van der Waals surface area contributed by atoms with Crippen LogP contribution in [0.3, 0.4) is 0 Å². The third-order valence-corrected chi connectivity index (χ3v) is 10.6. The molecule has 0 saturated heterocycles. The minimum Gasteiger partial charge on any atom is -0.444 e. The number of nitrogens with two attached hydrogens (primary N) is 1. The molecule has 15 heteroatoms. The predicted octanol–water partition coefficient (Wildman–Crippen LogP) is 5.46. The highest BCUT2D eigenvalue weighted by molar-refractivity contribution is 6.02. The van der Waals surface area contributed by atoms with E-state index in [0.29, 0.717) is 48.7 Å². The normalized spacial score (nSPS) is 16.1. The first kappa shape index (κ1) is 43.4. The highest BCUT2D eigenvalue weighted by atomic mass is 16.6. The Kier molecular flexibility index (Phi) is 15.1. The van der Waals surface area contributed by atoms with Crippen LogP contribution in [0.4, 0.5) is 10.5 Å². The molecule has 310 valence electrons. The fourth-order valence-electron chi connectivity index (χ4n) is 7.35. The van der Waals surface area contributed by atoms with Gasteiger partial charge in [0.25, 0.3) is 5.91 Å². The van der Waals surface area contributed by atoms with Crippen LogP contribution >= 0.6 is 0 Å². The van der Waals surface area contributed by atoms with E-state index in [0.717, 1.165) is 61.2 Å². The Bertz CT molecular complexity index is 1970. The van der Waals surface area contributed by atoms with E-state index < -0.39 is 23.6 Å². The van der Waals surface area contributed by atoms with Gasteiger partial charge in [0, 0.05) is 48.4 Å². The summed E-state index contributed by atoms with van der Waals surface area (Å²) in [6.07, 6.45) is 4.97. The van der Waals surface area contributed by atoms with E-state index in [9.17, 15) is 19.2 Å². The van der Waals surface area contributed by atoms with Crippen LogP contribution in [0.15, 0.2) is 60.8 Å². The SMILES string of the molecule is CCN(CC)CCCNC(=O)c1cc(C)c(-c2ccc(C[C@@H](C(N)=O)N(C(=O)C3CCC(CNC(=O)OC(C)(C)C)CC3)c3ccc(-c4nn[nH]n4)cc3)cc2)cn1. The van der Waals surface area contributed by atoms with Crippen LogP contribution in [0, 0.1) is 18.8 Å². The maximum atomic E-state index is 14.5. The first-order valence-corrected chi connectivity index (χ1v) is 20.3. The number of ether oxygens (including phenoxy) is 1. The van der Waals surface area contributed by atoms with E-state index in [1.165, 1.54) is 0 Å². The van der Waals surface area contributed by atoms with Gasteiger partial charge in [-0.25, -0.2) is 4.79 Å². The van der Waals surface area contributed by atoms with Crippen LogP contribution in [0.25, 0.3) is 22.5 Å². The minimum absolute atomic E-state index is 0.180. The monoisotopic (exact) mass is 794 g/mol. The Morgan fingerprint density at radius 3 is 2.21 bits per heavy atom. The quantitative estimate of drug-likeness (QED) is 0.0995. The number of pyridine rings is 1. The molecule has 2 aromatic heterocycles. The van der Waals surface area contributed by atoms with E-state index in [4.69, 9.17) is 10.5 Å². The number of aromatic amines is 1. The number of carbonyl (C=O) groups excluding carboxylic acids is 4. The molecule has 1 saturated carbocycles. The lowest BCUT2D eigenvalue weighted by molar-refractivity contribution is -0.127.